The van der Waals surface area contributed by atoms with Gasteiger partial charge in [-0.1, -0.05) is 11.6 Å². The molecule has 0 saturated heterocycles. The van der Waals surface area contributed by atoms with Gasteiger partial charge in [0, 0.05) is 7.05 Å². The lowest BCUT2D eigenvalue weighted by Gasteiger charge is -2.06. The molecule has 2 N–H and O–H groups in total. The molecule has 1 amide bonds. The molecule has 0 fully saturated rings. The number of likely N-dealkylation sites (N-methyl/N-ethyl adjacent to an activating group) is 1. The molecule has 0 saturated carbocycles. The molecule has 0 unspecified atom stereocenters. The average Bonchev–Trinajstić information content (AvgIpc) is 2.84. The molecule has 0 aliphatic carbocycles. The summed E-state index contributed by atoms with van der Waals surface area (Å²) < 4.78 is 40.5. The number of halogens is 2. The Kier molecular flexibility index (Phi) is 4.62. The first kappa shape index (κ1) is 16.2. The largest absolute Gasteiger partial charge is 0.358 e. The summed E-state index contributed by atoms with van der Waals surface area (Å²) in [6.07, 6.45) is 1.19. The summed E-state index contributed by atoms with van der Waals surface area (Å²) in [6, 6.07) is 2.88. The number of aromatic nitrogens is 3. The molecular formula is C11H11ClFN5O3S. The number of hydrogen-bond acceptors (Lipinski definition) is 5. The summed E-state index contributed by atoms with van der Waals surface area (Å²) in [6.45, 7) is -0.109. The Morgan fingerprint density at radius 2 is 2.18 bits per heavy atom. The molecule has 1 aromatic heterocycles. The zero-order valence-corrected chi connectivity index (χ0v) is 12.8. The van der Waals surface area contributed by atoms with E-state index in [2.05, 4.69) is 20.1 Å². The first-order valence-corrected chi connectivity index (χ1v) is 7.76. The highest BCUT2D eigenvalue weighted by molar-refractivity contribution is 7.92. The number of nitrogens with one attached hydrogen (secondary N) is 2. The lowest BCUT2D eigenvalue weighted by Crippen LogP contribution is -2.23. The number of anilines is 1. The van der Waals surface area contributed by atoms with Crippen LogP contribution in [0.15, 0.2) is 29.4 Å². The number of hydrogen-bond donors (Lipinski definition) is 2. The van der Waals surface area contributed by atoms with Gasteiger partial charge < -0.3 is 5.32 Å². The fraction of sp³-hybridized carbons (Fsp3) is 0.182. The van der Waals surface area contributed by atoms with Gasteiger partial charge in [-0.3, -0.25) is 4.79 Å². The summed E-state index contributed by atoms with van der Waals surface area (Å²) >= 11 is 5.71. The van der Waals surface area contributed by atoms with E-state index >= 15 is 0 Å². The minimum absolute atomic E-state index is 0.109. The maximum Gasteiger partial charge on any atom is 0.265 e. The van der Waals surface area contributed by atoms with Gasteiger partial charge in [0.2, 0.25) is 5.91 Å². The fourth-order valence-corrected chi connectivity index (χ4v) is 2.99. The maximum atomic E-state index is 13.0. The van der Waals surface area contributed by atoms with Gasteiger partial charge in [-0.15, -0.1) is 5.10 Å². The number of amides is 1. The Labute approximate surface area is 130 Å². The molecule has 0 spiro atoms. The molecule has 0 aliphatic heterocycles. The lowest BCUT2D eigenvalue weighted by molar-refractivity contribution is -0.121. The van der Waals surface area contributed by atoms with Crippen molar-refractivity contribution in [2.75, 3.05) is 11.8 Å². The molecule has 1 aromatic carbocycles. The first-order chi connectivity index (χ1) is 10.3. The number of benzene rings is 1. The Morgan fingerprint density at radius 1 is 1.45 bits per heavy atom. The van der Waals surface area contributed by atoms with Crippen molar-refractivity contribution in [3.63, 3.8) is 0 Å². The second-order valence-electron chi connectivity index (χ2n) is 4.12. The van der Waals surface area contributed by atoms with E-state index in [0.717, 1.165) is 22.9 Å². The normalized spacial score (nSPS) is 11.2. The molecule has 11 heteroatoms. The quantitative estimate of drug-likeness (QED) is 0.824. The molecule has 118 valence electrons. The van der Waals surface area contributed by atoms with E-state index in [0.29, 0.717) is 0 Å². The van der Waals surface area contributed by atoms with Gasteiger partial charge in [0.1, 0.15) is 23.6 Å². The number of rotatable bonds is 5. The van der Waals surface area contributed by atoms with Gasteiger partial charge in [-0.25, -0.2) is 22.2 Å². The van der Waals surface area contributed by atoms with E-state index in [-0.39, 0.29) is 28.3 Å². The highest BCUT2D eigenvalue weighted by atomic mass is 35.5. The van der Waals surface area contributed by atoms with Crippen molar-refractivity contribution in [3.05, 3.63) is 35.4 Å². The van der Waals surface area contributed by atoms with E-state index < -0.39 is 15.8 Å². The summed E-state index contributed by atoms with van der Waals surface area (Å²) in [5.74, 6) is -1.21. The van der Waals surface area contributed by atoms with Crippen LogP contribution in [0.2, 0.25) is 5.02 Å². The second kappa shape index (κ2) is 6.28. The summed E-state index contributed by atoms with van der Waals surface area (Å²) in [7, 11) is -2.61. The number of sulfonamides is 1. The second-order valence-corrected chi connectivity index (χ2v) is 6.18. The molecule has 22 heavy (non-hydrogen) atoms. The van der Waals surface area contributed by atoms with Gasteiger partial charge in [0.25, 0.3) is 16.0 Å². The van der Waals surface area contributed by atoms with Crippen molar-refractivity contribution in [1.82, 2.24) is 20.1 Å². The van der Waals surface area contributed by atoms with Crippen molar-refractivity contribution < 1.29 is 17.6 Å². The van der Waals surface area contributed by atoms with Crippen molar-refractivity contribution in [2.24, 2.45) is 0 Å². The number of nitrogens with zero attached hydrogens (tertiary/aromatic N) is 3. The predicted octanol–water partition coefficient (Wildman–Crippen LogP) is 0.617. The minimum Gasteiger partial charge on any atom is -0.358 e. The maximum absolute atomic E-state index is 13.0. The van der Waals surface area contributed by atoms with Crippen molar-refractivity contribution in [3.8, 4) is 0 Å². The van der Waals surface area contributed by atoms with E-state index in [1.807, 2.05) is 0 Å². The van der Waals surface area contributed by atoms with Gasteiger partial charge in [0.15, 0.2) is 0 Å². The van der Waals surface area contributed by atoms with Crippen molar-refractivity contribution in [2.45, 2.75) is 11.4 Å². The molecule has 2 aromatic rings. The third-order valence-electron chi connectivity index (χ3n) is 2.53. The van der Waals surface area contributed by atoms with E-state index in [1.54, 1.807) is 0 Å². The Hall–Kier alpha value is -2.20. The van der Waals surface area contributed by atoms with Crippen LogP contribution in [0, 0.1) is 5.82 Å². The van der Waals surface area contributed by atoms with E-state index in [4.69, 9.17) is 11.6 Å². The first-order valence-electron chi connectivity index (χ1n) is 5.90. The Balaban J connectivity index is 2.20. The van der Waals surface area contributed by atoms with Crippen LogP contribution < -0.4 is 10.0 Å². The molecule has 1 heterocycles. The average molecular weight is 348 g/mol. The van der Waals surface area contributed by atoms with Crippen LogP contribution in [0.4, 0.5) is 10.3 Å². The minimum atomic E-state index is -4.07. The molecule has 0 atom stereocenters. The van der Waals surface area contributed by atoms with Gasteiger partial charge in [-0.05, 0) is 18.2 Å². The fourth-order valence-electron chi connectivity index (χ4n) is 1.51. The third-order valence-corrected chi connectivity index (χ3v) is 4.34. The van der Waals surface area contributed by atoms with E-state index in [1.165, 1.54) is 13.4 Å². The predicted molar refractivity (Wildman–Crippen MR) is 76.3 cm³/mol. The molecule has 2 rings (SSSR count). The monoisotopic (exact) mass is 347 g/mol. The van der Waals surface area contributed by atoms with Crippen LogP contribution in [0.3, 0.4) is 0 Å². The topological polar surface area (TPSA) is 106 Å². The van der Waals surface area contributed by atoms with Crippen LogP contribution in [0.5, 0.6) is 0 Å². The summed E-state index contributed by atoms with van der Waals surface area (Å²) in [5.41, 5.74) is 0. The zero-order valence-electron chi connectivity index (χ0n) is 11.2. The van der Waals surface area contributed by atoms with Gasteiger partial charge in [0.05, 0.1) is 5.02 Å². The summed E-state index contributed by atoms with van der Waals surface area (Å²) in [4.78, 5) is 14.6. The van der Waals surface area contributed by atoms with E-state index in [9.17, 15) is 17.6 Å². The molecule has 0 aliphatic rings. The molecule has 0 radical (unpaired) electrons. The van der Waals surface area contributed by atoms with Crippen LogP contribution in [0.1, 0.15) is 0 Å². The van der Waals surface area contributed by atoms with Gasteiger partial charge in [-0.2, -0.15) is 4.98 Å². The highest BCUT2D eigenvalue weighted by Gasteiger charge is 2.20. The molecule has 0 bridgehead atoms. The smallest absolute Gasteiger partial charge is 0.265 e. The zero-order chi connectivity index (χ0) is 16.3. The standard InChI is InChI=1S/C11H11ClFN5O3S/c1-14-10(19)5-18-6-15-11(16-18)17-22(20,21)9-3-2-7(13)4-8(9)12/h2-4,6H,5H2,1H3,(H,14,19)(H,16,17). The number of carbonyl (C=O) groups is 1. The third kappa shape index (κ3) is 3.71. The van der Waals surface area contributed by atoms with Crippen molar-refractivity contribution in [1.29, 1.82) is 0 Å². The van der Waals surface area contributed by atoms with Crippen molar-refractivity contribution >= 4 is 33.5 Å². The van der Waals surface area contributed by atoms with Crippen LogP contribution in [-0.2, 0) is 21.4 Å². The van der Waals surface area contributed by atoms with Crippen LogP contribution in [0.25, 0.3) is 0 Å². The molecule has 8 nitrogen and oxygen atoms in total. The highest BCUT2D eigenvalue weighted by Crippen LogP contribution is 2.23. The number of carbonyl (C=O) groups excluding carboxylic acids is 1. The summed E-state index contributed by atoms with van der Waals surface area (Å²) in [5, 5.41) is 5.92. The SMILES string of the molecule is CNC(=O)Cn1cnc(NS(=O)(=O)c2ccc(F)cc2Cl)n1. The van der Waals surface area contributed by atoms with Gasteiger partial charge >= 0.3 is 0 Å². The lowest BCUT2D eigenvalue weighted by atomic mass is 10.3. The van der Waals surface area contributed by atoms with Crippen LogP contribution >= 0.6 is 11.6 Å². The Morgan fingerprint density at radius 3 is 2.82 bits per heavy atom. The van der Waals surface area contributed by atoms with Crippen LogP contribution in [-0.4, -0.2) is 36.1 Å². The molecular weight excluding hydrogens is 337 g/mol. The Bertz CT molecular complexity index is 808.